The number of anilines is 1. The van der Waals surface area contributed by atoms with Crippen LogP contribution in [0.25, 0.3) is 0 Å². The lowest BCUT2D eigenvalue weighted by molar-refractivity contribution is 0.0966. The minimum atomic E-state index is -0.327. The van der Waals surface area contributed by atoms with Gasteiger partial charge < -0.3 is 20.1 Å². The highest BCUT2D eigenvalue weighted by Crippen LogP contribution is 2.36. The summed E-state index contributed by atoms with van der Waals surface area (Å²) in [5, 5.41) is 17.2. The number of amides is 2. The first-order valence-corrected chi connectivity index (χ1v) is 10.8. The van der Waals surface area contributed by atoms with E-state index in [0.29, 0.717) is 29.7 Å². The second-order valence-electron chi connectivity index (χ2n) is 8.55. The largest absolute Gasteiger partial charge is 0.446 e. The molecule has 2 saturated carbocycles. The fraction of sp³-hybridized carbons (Fsp3) is 0.619. The van der Waals surface area contributed by atoms with Gasteiger partial charge >= 0.3 is 6.09 Å². The number of aromatic amines is 1. The Kier molecular flexibility index (Phi) is 6.26. The molecule has 2 amide bonds. The van der Waals surface area contributed by atoms with Crippen LogP contribution in [0.2, 0.25) is 0 Å². The Morgan fingerprint density at radius 3 is 2.84 bits per heavy atom. The van der Waals surface area contributed by atoms with Crippen molar-refractivity contribution in [2.75, 3.05) is 12.4 Å². The van der Waals surface area contributed by atoms with E-state index in [1.807, 2.05) is 13.0 Å². The molecule has 10 nitrogen and oxygen atoms in total. The Bertz CT molecular complexity index is 934. The zero-order chi connectivity index (χ0) is 22.0. The Hall–Kier alpha value is -2.88. The molecule has 2 aliphatic rings. The molecule has 0 aliphatic heterocycles. The van der Waals surface area contributed by atoms with Crippen LogP contribution in [0, 0.1) is 5.92 Å². The summed E-state index contributed by atoms with van der Waals surface area (Å²) in [4.78, 5) is 24.7. The van der Waals surface area contributed by atoms with Gasteiger partial charge in [-0.15, -0.1) is 0 Å². The van der Waals surface area contributed by atoms with Gasteiger partial charge in [0, 0.05) is 37.9 Å². The highest BCUT2D eigenvalue weighted by molar-refractivity contribution is 6.02. The number of hydrogen-bond acceptors (Lipinski definition) is 6. The van der Waals surface area contributed by atoms with Crippen LogP contribution in [0.15, 0.2) is 12.1 Å². The monoisotopic (exact) mass is 430 g/mol. The van der Waals surface area contributed by atoms with Gasteiger partial charge in [-0.25, -0.2) is 4.79 Å². The Morgan fingerprint density at radius 2 is 2.10 bits per heavy atom. The summed E-state index contributed by atoms with van der Waals surface area (Å²) in [6.45, 7) is 2.37. The first-order valence-electron chi connectivity index (χ1n) is 10.8. The smallest absolute Gasteiger partial charge is 0.407 e. The predicted molar refractivity (Wildman–Crippen MR) is 113 cm³/mol. The molecular formula is C21H30N6O4. The van der Waals surface area contributed by atoms with Gasteiger partial charge in [0.1, 0.15) is 11.8 Å². The molecule has 168 valence electrons. The average molecular weight is 431 g/mol. The maximum absolute atomic E-state index is 12.6. The molecule has 2 aromatic heterocycles. The third-order valence-corrected chi connectivity index (χ3v) is 6.07. The van der Waals surface area contributed by atoms with E-state index in [2.05, 4.69) is 25.9 Å². The number of carbonyl (C=O) groups excluding carboxylic acids is 2. The van der Waals surface area contributed by atoms with Crippen molar-refractivity contribution >= 4 is 17.8 Å². The molecule has 2 aliphatic carbocycles. The molecular weight excluding hydrogens is 400 g/mol. The van der Waals surface area contributed by atoms with Crippen LogP contribution >= 0.6 is 0 Å². The van der Waals surface area contributed by atoms with Crippen LogP contribution in [-0.4, -0.2) is 51.2 Å². The molecule has 0 saturated heterocycles. The number of hydrogen-bond donors (Lipinski definition) is 3. The number of carbonyl (C=O) groups is 2. The van der Waals surface area contributed by atoms with Crippen molar-refractivity contribution < 1.29 is 19.1 Å². The number of rotatable bonds is 8. The average Bonchev–Trinajstić information content (AvgIpc) is 3.11. The molecule has 2 fully saturated rings. The predicted octanol–water partition coefficient (Wildman–Crippen LogP) is 2.70. The van der Waals surface area contributed by atoms with Gasteiger partial charge in [0.15, 0.2) is 5.82 Å². The van der Waals surface area contributed by atoms with Crippen molar-refractivity contribution in [1.82, 2.24) is 25.3 Å². The Labute approximate surface area is 181 Å². The summed E-state index contributed by atoms with van der Waals surface area (Å²) in [7, 11) is 3.30. The minimum Gasteiger partial charge on any atom is -0.446 e. The van der Waals surface area contributed by atoms with Gasteiger partial charge in [-0.05, 0) is 51.0 Å². The SMILES string of the molecule is COCc1cc(C(=O)Nc2cc([C@H]3CC[C@@H](OC(=O)N[C@H](C)C4CC4)C3)[nH]n2)n(C)n1. The quantitative estimate of drug-likeness (QED) is 0.592. The fourth-order valence-electron chi connectivity index (χ4n) is 4.16. The number of H-pyrrole nitrogens is 1. The maximum Gasteiger partial charge on any atom is 0.407 e. The zero-order valence-corrected chi connectivity index (χ0v) is 18.2. The normalized spacial score (nSPS) is 21.6. The van der Waals surface area contributed by atoms with E-state index in [-0.39, 0.29) is 30.1 Å². The Morgan fingerprint density at radius 1 is 1.29 bits per heavy atom. The van der Waals surface area contributed by atoms with Gasteiger partial charge in [0.2, 0.25) is 0 Å². The van der Waals surface area contributed by atoms with Gasteiger partial charge in [0.25, 0.3) is 5.91 Å². The van der Waals surface area contributed by atoms with Gasteiger partial charge in [-0.1, -0.05) is 0 Å². The topological polar surface area (TPSA) is 123 Å². The van der Waals surface area contributed by atoms with Gasteiger partial charge in [0.05, 0.1) is 12.3 Å². The molecule has 0 spiro atoms. The van der Waals surface area contributed by atoms with Crippen LogP contribution in [0.5, 0.6) is 0 Å². The molecule has 10 heteroatoms. The van der Waals surface area contributed by atoms with E-state index in [1.54, 1.807) is 20.2 Å². The van der Waals surface area contributed by atoms with Crippen molar-refractivity contribution in [2.45, 2.75) is 63.7 Å². The van der Waals surface area contributed by atoms with Crippen molar-refractivity contribution in [2.24, 2.45) is 13.0 Å². The minimum absolute atomic E-state index is 0.105. The lowest BCUT2D eigenvalue weighted by Gasteiger charge is -2.16. The molecule has 3 atom stereocenters. The van der Waals surface area contributed by atoms with Gasteiger partial charge in [-0.3, -0.25) is 14.6 Å². The summed E-state index contributed by atoms with van der Waals surface area (Å²) < 4.78 is 12.2. The molecule has 3 N–H and O–H groups in total. The standard InChI is InChI=1S/C21H30N6O4/c1-12(13-4-5-13)22-21(29)31-16-7-6-14(8-16)17-10-19(25-24-17)23-20(28)18-9-15(11-30-3)26-27(18)2/h9-10,12-14,16H,4-8,11H2,1-3H3,(H,22,29)(H2,23,24,25,28)/t12-,14+,16-/m1/s1. The molecule has 4 rings (SSSR count). The third-order valence-electron chi connectivity index (χ3n) is 6.07. The summed E-state index contributed by atoms with van der Waals surface area (Å²) >= 11 is 0. The number of aromatic nitrogens is 4. The van der Waals surface area contributed by atoms with Crippen LogP contribution in [-0.2, 0) is 23.1 Å². The lowest BCUT2D eigenvalue weighted by Crippen LogP contribution is -2.36. The first kappa shape index (κ1) is 21.4. The summed E-state index contributed by atoms with van der Waals surface area (Å²) in [6, 6.07) is 3.71. The highest BCUT2D eigenvalue weighted by atomic mass is 16.6. The second-order valence-corrected chi connectivity index (χ2v) is 8.55. The van der Waals surface area contributed by atoms with Crippen molar-refractivity contribution in [3.05, 3.63) is 29.2 Å². The van der Waals surface area contributed by atoms with E-state index < -0.39 is 0 Å². The van der Waals surface area contributed by atoms with Crippen LogP contribution < -0.4 is 10.6 Å². The fourth-order valence-corrected chi connectivity index (χ4v) is 4.16. The maximum atomic E-state index is 12.6. The van der Waals surface area contributed by atoms with Gasteiger partial charge in [-0.2, -0.15) is 10.2 Å². The second kappa shape index (κ2) is 9.09. The van der Waals surface area contributed by atoms with E-state index in [9.17, 15) is 9.59 Å². The van der Waals surface area contributed by atoms with E-state index in [1.165, 1.54) is 17.5 Å². The van der Waals surface area contributed by atoms with Crippen LogP contribution in [0.1, 0.15) is 66.8 Å². The lowest BCUT2D eigenvalue weighted by atomic mass is 10.0. The zero-order valence-electron chi connectivity index (χ0n) is 18.2. The number of methoxy groups -OCH3 is 1. The Balaban J connectivity index is 1.28. The number of nitrogens with one attached hydrogen (secondary N) is 3. The number of nitrogens with zero attached hydrogens (tertiary/aromatic N) is 3. The molecule has 0 bridgehead atoms. The number of aryl methyl sites for hydroxylation is 1. The molecule has 0 aromatic carbocycles. The van der Waals surface area contributed by atoms with Crippen molar-refractivity contribution in [1.29, 1.82) is 0 Å². The van der Waals surface area contributed by atoms with Crippen molar-refractivity contribution in [3.63, 3.8) is 0 Å². The summed E-state index contributed by atoms with van der Waals surface area (Å²) in [6.07, 6.45) is 4.38. The third kappa shape index (κ3) is 5.25. The van der Waals surface area contributed by atoms with Crippen LogP contribution in [0.4, 0.5) is 10.6 Å². The van der Waals surface area contributed by atoms with E-state index >= 15 is 0 Å². The number of alkyl carbamates (subject to hydrolysis) is 1. The highest BCUT2D eigenvalue weighted by Gasteiger charge is 2.32. The first-order chi connectivity index (χ1) is 14.9. The van der Waals surface area contributed by atoms with E-state index in [4.69, 9.17) is 9.47 Å². The molecule has 2 heterocycles. The summed E-state index contributed by atoms with van der Waals surface area (Å²) in [5.74, 6) is 0.974. The van der Waals surface area contributed by atoms with E-state index in [0.717, 1.165) is 25.0 Å². The molecule has 31 heavy (non-hydrogen) atoms. The van der Waals surface area contributed by atoms with Crippen molar-refractivity contribution in [3.8, 4) is 0 Å². The molecule has 2 aromatic rings. The van der Waals surface area contributed by atoms with Crippen LogP contribution in [0.3, 0.4) is 0 Å². The molecule has 0 radical (unpaired) electrons. The number of ether oxygens (including phenoxy) is 2. The molecule has 0 unspecified atom stereocenters. The summed E-state index contributed by atoms with van der Waals surface area (Å²) in [5.41, 5.74) is 2.04.